The Morgan fingerprint density at radius 3 is 2.39 bits per heavy atom. The van der Waals surface area contributed by atoms with Gasteiger partial charge >= 0.3 is 12.1 Å². The fraction of sp³-hybridized carbons (Fsp3) is 0.250. The molecule has 0 saturated carbocycles. The fourth-order valence-corrected chi connectivity index (χ4v) is 1.88. The van der Waals surface area contributed by atoms with Crippen LogP contribution in [0.3, 0.4) is 0 Å². The van der Waals surface area contributed by atoms with Gasteiger partial charge in [-0.1, -0.05) is 0 Å². The topological polar surface area (TPSA) is 96.4 Å². The van der Waals surface area contributed by atoms with Gasteiger partial charge in [0.2, 0.25) is 10.0 Å². The monoisotopic (exact) mass is 284 g/mol. The van der Waals surface area contributed by atoms with Gasteiger partial charge in [0.15, 0.2) is 5.75 Å². The number of anilines is 1. The molecule has 0 bridgehead atoms. The molecule has 1 heterocycles. The molecule has 1 aromatic rings. The van der Waals surface area contributed by atoms with E-state index in [0.29, 0.717) is 12.3 Å². The van der Waals surface area contributed by atoms with Gasteiger partial charge in [-0.25, -0.2) is 13.4 Å². The Kier molecular flexibility index (Phi) is 3.79. The largest absolute Gasteiger partial charge is 0.480 e. The number of nitrogens with zero attached hydrogens (tertiary/aromatic N) is 1. The zero-order chi connectivity index (χ0) is 14.0. The van der Waals surface area contributed by atoms with Crippen molar-refractivity contribution >= 4 is 21.7 Å². The van der Waals surface area contributed by atoms with E-state index in [9.17, 15) is 26.4 Å². The number of alkyl halides is 3. The van der Waals surface area contributed by atoms with Gasteiger partial charge < -0.3 is 5.11 Å². The summed E-state index contributed by atoms with van der Waals surface area (Å²) in [5, 5.41) is 8.29. The van der Waals surface area contributed by atoms with Gasteiger partial charge in [0.05, 0.1) is 11.9 Å². The molecular weight excluding hydrogens is 277 g/mol. The second kappa shape index (κ2) is 4.80. The van der Waals surface area contributed by atoms with Crippen molar-refractivity contribution in [1.29, 1.82) is 0 Å². The molecule has 0 saturated heterocycles. The Labute approximate surface area is 99.5 Å². The zero-order valence-electron chi connectivity index (χ0n) is 8.60. The van der Waals surface area contributed by atoms with Crippen LogP contribution in [0.25, 0.3) is 0 Å². The van der Waals surface area contributed by atoms with E-state index < -0.39 is 33.6 Å². The third-order valence-electron chi connectivity index (χ3n) is 1.64. The van der Waals surface area contributed by atoms with Crippen LogP contribution in [0.1, 0.15) is 5.69 Å². The molecule has 0 aromatic carbocycles. The first-order chi connectivity index (χ1) is 8.10. The maximum absolute atomic E-state index is 12.2. The highest BCUT2D eigenvalue weighted by Gasteiger charge is 2.32. The number of nitrogens with one attached hydrogen (secondary N) is 1. The Hall–Kier alpha value is -1.84. The molecule has 1 rings (SSSR count). The lowest BCUT2D eigenvalue weighted by Crippen LogP contribution is -2.22. The summed E-state index contributed by atoms with van der Waals surface area (Å²) in [5.74, 6) is -2.77. The summed E-state index contributed by atoms with van der Waals surface area (Å²) in [5.41, 5.74) is -1.42. The highest BCUT2D eigenvalue weighted by atomic mass is 32.2. The lowest BCUT2D eigenvalue weighted by Gasteiger charge is -2.08. The van der Waals surface area contributed by atoms with Crippen molar-refractivity contribution in [3.8, 4) is 0 Å². The second-order valence-corrected chi connectivity index (χ2v) is 4.91. The number of halogens is 3. The second-order valence-electron chi connectivity index (χ2n) is 3.18. The van der Waals surface area contributed by atoms with Crippen molar-refractivity contribution in [2.75, 3.05) is 10.5 Å². The van der Waals surface area contributed by atoms with Crippen molar-refractivity contribution in [1.82, 2.24) is 4.98 Å². The van der Waals surface area contributed by atoms with Crippen LogP contribution in [0, 0.1) is 0 Å². The van der Waals surface area contributed by atoms with Gasteiger partial charge in [-0.15, -0.1) is 0 Å². The maximum atomic E-state index is 12.2. The SMILES string of the molecule is O=C(O)CS(=O)(=O)Nc1ccc(C(F)(F)F)nc1. The van der Waals surface area contributed by atoms with E-state index in [1.807, 2.05) is 0 Å². The van der Waals surface area contributed by atoms with Crippen LogP contribution in [0.15, 0.2) is 18.3 Å². The number of aliphatic carboxylic acids is 1. The number of pyridine rings is 1. The number of sulfonamides is 1. The first kappa shape index (κ1) is 14.2. The van der Waals surface area contributed by atoms with Crippen molar-refractivity contribution in [3.63, 3.8) is 0 Å². The van der Waals surface area contributed by atoms with Crippen LogP contribution < -0.4 is 4.72 Å². The van der Waals surface area contributed by atoms with Gasteiger partial charge in [-0.05, 0) is 12.1 Å². The Morgan fingerprint density at radius 1 is 1.39 bits per heavy atom. The molecule has 0 amide bonds. The predicted octanol–water partition coefficient (Wildman–Crippen LogP) is 0.927. The number of hydrogen-bond donors (Lipinski definition) is 2. The molecule has 0 aliphatic heterocycles. The average Bonchev–Trinajstić information content (AvgIpc) is 2.13. The third kappa shape index (κ3) is 4.20. The molecule has 0 atom stereocenters. The number of aromatic nitrogens is 1. The zero-order valence-corrected chi connectivity index (χ0v) is 9.42. The van der Waals surface area contributed by atoms with Crippen molar-refractivity contribution in [2.45, 2.75) is 6.18 Å². The summed E-state index contributed by atoms with van der Waals surface area (Å²) in [6.07, 6.45) is -3.97. The van der Waals surface area contributed by atoms with E-state index in [4.69, 9.17) is 5.11 Å². The quantitative estimate of drug-likeness (QED) is 0.857. The van der Waals surface area contributed by atoms with Gasteiger partial charge in [0.1, 0.15) is 5.69 Å². The summed E-state index contributed by atoms with van der Waals surface area (Å²) in [6, 6.07) is 1.42. The summed E-state index contributed by atoms with van der Waals surface area (Å²) >= 11 is 0. The Morgan fingerprint density at radius 2 is 2.00 bits per heavy atom. The number of carboxylic acids is 1. The molecule has 0 spiro atoms. The number of carbonyl (C=O) groups is 1. The van der Waals surface area contributed by atoms with E-state index in [-0.39, 0.29) is 5.69 Å². The van der Waals surface area contributed by atoms with Crippen LogP contribution in [0.4, 0.5) is 18.9 Å². The first-order valence-corrected chi connectivity index (χ1v) is 6.01. The molecule has 0 aliphatic rings. The van der Waals surface area contributed by atoms with Crippen LogP contribution in [0.5, 0.6) is 0 Å². The van der Waals surface area contributed by atoms with Gasteiger partial charge in [0.25, 0.3) is 0 Å². The summed E-state index contributed by atoms with van der Waals surface area (Å²) < 4.78 is 60.5. The lowest BCUT2D eigenvalue weighted by molar-refractivity contribution is -0.141. The van der Waals surface area contributed by atoms with Crippen molar-refractivity contribution in [3.05, 3.63) is 24.0 Å². The predicted molar refractivity (Wildman–Crippen MR) is 54.3 cm³/mol. The molecule has 0 radical (unpaired) electrons. The van der Waals surface area contributed by atoms with E-state index in [2.05, 4.69) is 4.98 Å². The molecule has 100 valence electrons. The van der Waals surface area contributed by atoms with Crippen LogP contribution in [-0.2, 0) is 21.0 Å². The minimum absolute atomic E-state index is 0.246. The molecular formula is C8H7F3N2O4S. The maximum Gasteiger partial charge on any atom is 0.433 e. The Bertz CT molecular complexity index is 538. The molecule has 0 fully saturated rings. The Balaban J connectivity index is 2.85. The summed E-state index contributed by atoms with van der Waals surface area (Å²) in [7, 11) is -4.15. The van der Waals surface area contributed by atoms with Crippen LogP contribution >= 0.6 is 0 Å². The van der Waals surface area contributed by atoms with E-state index in [1.165, 1.54) is 0 Å². The number of rotatable bonds is 4. The molecule has 2 N–H and O–H groups in total. The standard InChI is InChI=1S/C8H7F3N2O4S/c9-8(10,11)6-2-1-5(3-12-6)13-18(16,17)4-7(14)15/h1-3,13H,4H2,(H,14,15). The minimum Gasteiger partial charge on any atom is -0.480 e. The lowest BCUT2D eigenvalue weighted by atomic mass is 10.3. The minimum atomic E-state index is -4.63. The number of carboxylic acid groups (broad SMARTS) is 1. The fourth-order valence-electron chi connectivity index (χ4n) is 1.00. The molecule has 0 aliphatic carbocycles. The molecule has 18 heavy (non-hydrogen) atoms. The average molecular weight is 284 g/mol. The van der Waals surface area contributed by atoms with E-state index >= 15 is 0 Å². The van der Waals surface area contributed by atoms with E-state index in [0.717, 1.165) is 6.07 Å². The smallest absolute Gasteiger partial charge is 0.433 e. The number of hydrogen-bond acceptors (Lipinski definition) is 4. The van der Waals surface area contributed by atoms with Crippen LogP contribution in [-0.4, -0.2) is 30.2 Å². The van der Waals surface area contributed by atoms with Crippen LogP contribution in [0.2, 0.25) is 0 Å². The van der Waals surface area contributed by atoms with E-state index in [1.54, 1.807) is 4.72 Å². The molecule has 0 unspecified atom stereocenters. The van der Waals surface area contributed by atoms with Gasteiger partial charge in [0, 0.05) is 0 Å². The third-order valence-corrected chi connectivity index (χ3v) is 2.81. The van der Waals surface area contributed by atoms with Gasteiger partial charge in [-0.3, -0.25) is 9.52 Å². The normalized spacial score (nSPS) is 12.2. The molecule has 1 aromatic heterocycles. The van der Waals surface area contributed by atoms with Gasteiger partial charge in [-0.2, -0.15) is 13.2 Å². The summed E-state index contributed by atoms with van der Waals surface area (Å²) in [6.45, 7) is 0. The highest BCUT2D eigenvalue weighted by molar-refractivity contribution is 7.93. The van der Waals surface area contributed by atoms with Crippen molar-refractivity contribution < 1.29 is 31.5 Å². The molecule has 6 nitrogen and oxygen atoms in total. The first-order valence-electron chi connectivity index (χ1n) is 4.36. The molecule has 10 heteroatoms. The highest BCUT2D eigenvalue weighted by Crippen LogP contribution is 2.27. The van der Waals surface area contributed by atoms with Crippen molar-refractivity contribution in [2.24, 2.45) is 0 Å². The summed E-state index contributed by atoms with van der Waals surface area (Å²) in [4.78, 5) is 13.2.